The lowest BCUT2D eigenvalue weighted by Gasteiger charge is -2.39. The van der Waals surface area contributed by atoms with Gasteiger partial charge in [0.2, 0.25) is 0 Å². The molecule has 1 aromatic rings. The van der Waals surface area contributed by atoms with Crippen LogP contribution in [0.3, 0.4) is 0 Å². The van der Waals surface area contributed by atoms with Crippen LogP contribution in [0.4, 0.5) is 0 Å². The third-order valence-corrected chi connectivity index (χ3v) is 4.08. The SMILES string of the molecule is COC1(C)CCCN(Cc2ccc(Br)cc2)C1. The Morgan fingerprint density at radius 2 is 2.06 bits per heavy atom. The summed E-state index contributed by atoms with van der Waals surface area (Å²) < 4.78 is 6.76. The summed E-state index contributed by atoms with van der Waals surface area (Å²) in [5.41, 5.74) is 1.40. The number of likely N-dealkylation sites (tertiary alicyclic amines) is 1. The summed E-state index contributed by atoms with van der Waals surface area (Å²) in [6.07, 6.45) is 2.39. The molecule has 0 spiro atoms. The molecule has 1 unspecified atom stereocenters. The Kier molecular flexibility index (Phi) is 4.23. The van der Waals surface area contributed by atoms with Crippen LogP contribution in [0.15, 0.2) is 28.7 Å². The average molecular weight is 298 g/mol. The first kappa shape index (κ1) is 13.1. The van der Waals surface area contributed by atoms with Crippen molar-refractivity contribution in [2.45, 2.75) is 31.9 Å². The minimum Gasteiger partial charge on any atom is -0.377 e. The Morgan fingerprint density at radius 1 is 1.35 bits per heavy atom. The van der Waals surface area contributed by atoms with Crippen LogP contribution in [0.1, 0.15) is 25.3 Å². The maximum Gasteiger partial charge on any atom is 0.0777 e. The minimum absolute atomic E-state index is 0.0353. The van der Waals surface area contributed by atoms with Crippen LogP contribution in [-0.4, -0.2) is 30.7 Å². The highest BCUT2D eigenvalue weighted by molar-refractivity contribution is 9.10. The molecule has 94 valence electrons. The van der Waals surface area contributed by atoms with Crippen molar-refractivity contribution in [3.8, 4) is 0 Å². The predicted octanol–water partition coefficient (Wildman–Crippen LogP) is 3.45. The highest BCUT2D eigenvalue weighted by Gasteiger charge is 2.30. The Morgan fingerprint density at radius 3 is 2.71 bits per heavy atom. The van der Waals surface area contributed by atoms with E-state index in [1.54, 1.807) is 0 Å². The molecule has 1 atom stereocenters. The molecule has 0 radical (unpaired) electrons. The van der Waals surface area contributed by atoms with Gasteiger partial charge in [0.25, 0.3) is 0 Å². The lowest BCUT2D eigenvalue weighted by Crippen LogP contribution is -2.46. The van der Waals surface area contributed by atoms with Gasteiger partial charge in [-0.3, -0.25) is 4.90 Å². The molecular formula is C14H20BrNO. The van der Waals surface area contributed by atoms with Gasteiger partial charge in [0.15, 0.2) is 0 Å². The summed E-state index contributed by atoms with van der Waals surface area (Å²) in [5.74, 6) is 0. The van der Waals surface area contributed by atoms with E-state index in [-0.39, 0.29) is 5.60 Å². The largest absolute Gasteiger partial charge is 0.377 e. The highest BCUT2D eigenvalue weighted by Crippen LogP contribution is 2.25. The molecule has 0 amide bonds. The van der Waals surface area contributed by atoms with Crippen LogP contribution < -0.4 is 0 Å². The van der Waals surface area contributed by atoms with E-state index in [9.17, 15) is 0 Å². The molecule has 17 heavy (non-hydrogen) atoms. The van der Waals surface area contributed by atoms with Gasteiger partial charge >= 0.3 is 0 Å². The van der Waals surface area contributed by atoms with Gasteiger partial charge in [0.1, 0.15) is 0 Å². The predicted molar refractivity (Wildman–Crippen MR) is 74.1 cm³/mol. The molecule has 0 N–H and O–H groups in total. The molecule has 2 rings (SSSR count). The molecule has 1 aliphatic heterocycles. The van der Waals surface area contributed by atoms with Crippen LogP contribution in [0.25, 0.3) is 0 Å². The lowest BCUT2D eigenvalue weighted by molar-refractivity contribution is -0.0527. The summed E-state index contributed by atoms with van der Waals surface area (Å²) >= 11 is 3.47. The van der Waals surface area contributed by atoms with Gasteiger partial charge in [-0.1, -0.05) is 28.1 Å². The van der Waals surface area contributed by atoms with E-state index in [4.69, 9.17) is 4.74 Å². The zero-order valence-corrected chi connectivity index (χ0v) is 12.2. The van der Waals surface area contributed by atoms with Crippen LogP contribution in [0.2, 0.25) is 0 Å². The number of halogens is 1. The average Bonchev–Trinajstić information content (AvgIpc) is 2.32. The number of ether oxygens (including phenoxy) is 1. The molecule has 1 saturated heterocycles. The number of hydrogen-bond acceptors (Lipinski definition) is 2. The molecule has 1 heterocycles. The van der Waals surface area contributed by atoms with Crippen molar-refractivity contribution in [3.63, 3.8) is 0 Å². The standard InChI is InChI=1S/C14H20BrNO/c1-14(17-2)8-3-9-16(11-14)10-12-4-6-13(15)7-5-12/h4-7H,3,8-11H2,1-2H3. The van der Waals surface area contributed by atoms with Crippen molar-refractivity contribution >= 4 is 15.9 Å². The van der Waals surface area contributed by atoms with E-state index in [1.807, 2.05) is 7.11 Å². The minimum atomic E-state index is 0.0353. The Hall–Kier alpha value is -0.380. The van der Waals surface area contributed by atoms with Crippen molar-refractivity contribution in [2.24, 2.45) is 0 Å². The second-order valence-corrected chi connectivity index (χ2v) is 6.01. The van der Waals surface area contributed by atoms with Crippen LogP contribution in [-0.2, 0) is 11.3 Å². The van der Waals surface area contributed by atoms with E-state index in [1.165, 1.54) is 24.9 Å². The van der Waals surface area contributed by atoms with E-state index in [0.29, 0.717) is 0 Å². The first-order valence-corrected chi connectivity index (χ1v) is 6.93. The zero-order valence-electron chi connectivity index (χ0n) is 10.6. The summed E-state index contributed by atoms with van der Waals surface area (Å²) in [5, 5.41) is 0. The molecule has 2 nitrogen and oxygen atoms in total. The van der Waals surface area contributed by atoms with Gasteiger partial charge in [-0.2, -0.15) is 0 Å². The molecule has 0 saturated carbocycles. The number of methoxy groups -OCH3 is 1. The second kappa shape index (κ2) is 5.51. The molecule has 1 fully saturated rings. The maximum atomic E-state index is 5.62. The third kappa shape index (κ3) is 3.54. The lowest BCUT2D eigenvalue weighted by atomic mass is 9.94. The molecule has 1 aromatic carbocycles. The highest BCUT2D eigenvalue weighted by atomic mass is 79.9. The van der Waals surface area contributed by atoms with Crippen molar-refractivity contribution in [2.75, 3.05) is 20.2 Å². The molecule has 0 aromatic heterocycles. The Balaban J connectivity index is 1.97. The Labute approximate surface area is 112 Å². The van der Waals surface area contributed by atoms with Gasteiger partial charge in [-0.15, -0.1) is 0 Å². The number of rotatable bonds is 3. The monoisotopic (exact) mass is 297 g/mol. The van der Waals surface area contributed by atoms with E-state index < -0.39 is 0 Å². The van der Waals surface area contributed by atoms with Crippen molar-refractivity contribution < 1.29 is 4.74 Å². The van der Waals surface area contributed by atoms with Gasteiger partial charge < -0.3 is 4.74 Å². The van der Waals surface area contributed by atoms with E-state index >= 15 is 0 Å². The van der Waals surface area contributed by atoms with Crippen molar-refractivity contribution in [1.82, 2.24) is 4.90 Å². The summed E-state index contributed by atoms with van der Waals surface area (Å²) in [4.78, 5) is 2.48. The van der Waals surface area contributed by atoms with Gasteiger partial charge in [-0.25, -0.2) is 0 Å². The number of piperidine rings is 1. The fourth-order valence-corrected chi connectivity index (χ4v) is 2.72. The molecule has 0 aliphatic carbocycles. The van der Waals surface area contributed by atoms with Crippen molar-refractivity contribution in [3.05, 3.63) is 34.3 Å². The summed E-state index contributed by atoms with van der Waals surface area (Å²) in [6.45, 7) is 5.43. The summed E-state index contributed by atoms with van der Waals surface area (Å²) in [6, 6.07) is 8.58. The van der Waals surface area contributed by atoms with Crippen LogP contribution >= 0.6 is 15.9 Å². The molecule has 0 bridgehead atoms. The number of benzene rings is 1. The van der Waals surface area contributed by atoms with Gasteiger partial charge in [-0.05, 0) is 44.0 Å². The zero-order chi connectivity index (χ0) is 12.3. The molecular weight excluding hydrogens is 278 g/mol. The van der Waals surface area contributed by atoms with Gasteiger partial charge in [0, 0.05) is 24.7 Å². The third-order valence-electron chi connectivity index (χ3n) is 3.55. The smallest absolute Gasteiger partial charge is 0.0777 e. The van der Waals surface area contributed by atoms with E-state index in [2.05, 4.69) is 52.0 Å². The molecule has 3 heteroatoms. The Bertz CT molecular complexity index is 365. The van der Waals surface area contributed by atoms with Crippen molar-refractivity contribution in [1.29, 1.82) is 0 Å². The van der Waals surface area contributed by atoms with Crippen LogP contribution in [0, 0.1) is 0 Å². The van der Waals surface area contributed by atoms with Crippen LogP contribution in [0.5, 0.6) is 0 Å². The summed E-state index contributed by atoms with van der Waals surface area (Å²) in [7, 11) is 1.82. The topological polar surface area (TPSA) is 12.5 Å². The quantitative estimate of drug-likeness (QED) is 0.847. The molecule has 1 aliphatic rings. The van der Waals surface area contributed by atoms with E-state index in [0.717, 1.165) is 17.6 Å². The normalized spacial score (nSPS) is 26.1. The second-order valence-electron chi connectivity index (χ2n) is 5.09. The number of nitrogens with zero attached hydrogens (tertiary/aromatic N) is 1. The first-order valence-electron chi connectivity index (χ1n) is 6.13. The maximum absolute atomic E-state index is 5.62. The van der Waals surface area contributed by atoms with Gasteiger partial charge in [0.05, 0.1) is 5.60 Å². The fraction of sp³-hybridized carbons (Fsp3) is 0.571. The first-order chi connectivity index (χ1) is 8.11. The number of hydrogen-bond donors (Lipinski definition) is 0. The fourth-order valence-electron chi connectivity index (χ4n) is 2.46.